The van der Waals surface area contributed by atoms with Crippen molar-refractivity contribution in [3.8, 4) is 0 Å². The Bertz CT molecular complexity index is 499. The van der Waals surface area contributed by atoms with Gasteiger partial charge >= 0.3 is 6.18 Å². The molecule has 0 aliphatic heterocycles. The zero-order valence-corrected chi connectivity index (χ0v) is 14.5. The first-order valence-electron chi connectivity index (χ1n) is 9.25. The SMILES string of the molecule is CCCCCC1CCC(CCc2ccc(C(F)(F)F)c(F)c2)CC1. The van der Waals surface area contributed by atoms with Gasteiger partial charge in [-0.3, -0.25) is 0 Å². The van der Waals surface area contributed by atoms with Crippen LogP contribution in [-0.2, 0) is 12.6 Å². The third-order valence-electron chi connectivity index (χ3n) is 5.36. The van der Waals surface area contributed by atoms with Crippen LogP contribution in [-0.4, -0.2) is 0 Å². The molecule has 1 aromatic carbocycles. The normalized spacial score (nSPS) is 21.9. The standard InChI is InChI=1S/C20H28F4/c1-2-3-4-5-15-6-8-16(9-7-15)10-11-17-12-13-18(19(21)14-17)20(22,23)24/h12-16H,2-11H2,1H3. The van der Waals surface area contributed by atoms with E-state index in [-0.39, 0.29) is 0 Å². The molecule has 0 heterocycles. The van der Waals surface area contributed by atoms with E-state index in [0.717, 1.165) is 24.5 Å². The van der Waals surface area contributed by atoms with E-state index in [1.165, 1.54) is 57.4 Å². The summed E-state index contributed by atoms with van der Waals surface area (Å²) in [7, 11) is 0. The molecule has 1 aromatic rings. The van der Waals surface area contributed by atoms with E-state index >= 15 is 0 Å². The third kappa shape index (κ3) is 5.78. The highest BCUT2D eigenvalue weighted by molar-refractivity contribution is 5.26. The molecule has 0 saturated heterocycles. The van der Waals surface area contributed by atoms with E-state index in [0.29, 0.717) is 17.9 Å². The van der Waals surface area contributed by atoms with Crippen molar-refractivity contribution in [2.45, 2.75) is 77.3 Å². The summed E-state index contributed by atoms with van der Waals surface area (Å²) >= 11 is 0. The minimum atomic E-state index is -4.61. The molecule has 0 aromatic heterocycles. The predicted octanol–water partition coefficient (Wildman–Crippen LogP) is 7.16. The lowest BCUT2D eigenvalue weighted by atomic mass is 9.78. The molecule has 0 spiro atoms. The van der Waals surface area contributed by atoms with Crippen LogP contribution in [0.5, 0.6) is 0 Å². The summed E-state index contributed by atoms with van der Waals surface area (Å²) in [6.07, 6.45) is 7.22. The summed E-state index contributed by atoms with van der Waals surface area (Å²) in [4.78, 5) is 0. The Labute approximate surface area is 142 Å². The molecule has 0 N–H and O–H groups in total. The van der Waals surface area contributed by atoms with Gasteiger partial charge < -0.3 is 0 Å². The number of halogens is 4. The van der Waals surface area contributed by atoms with E-state index in [9.17, 15) is 17.6 Å². The Morgan fingerprint density at radius 3 is 2.12 bits per heavy atom. The van der Waals surface area contributed by atoms with Gasteiger partial charge in [0.25, 0.3) is 0 Å². The molecule has 24 heavy (non-hydrogen) atoms. The summed E-state index contributed by atoms with van der Waals surface area (Å²) in [5, 5.41) is 0. The fraction of sp³-hybridized carbons (Fsp3) is 0.700. The zero-order chi connectivity index (χ0) is 17.6. The van der Waals surface area contributed by atoms with Crippen LogP contribution in [0.1, 0.15) is 75.8 Å². The minimum Gasteiger partial charge on any atom is -0.206 e. The topological polar surface area (TPSA) is 0 Å². The van der Waals surface area contributed by atoms with Crippen molar-refractivity contribution in [2.75, 3.05) is 0 Å². The fourth-order valence-corrected chi connectivity index (χ4v) is 3.81. The van der Waals surface area contributed by atoms with Gasteiger partial charge in [0.05, 0.1) is 5.56 Å². The number of benzene rings is 1. The van der Waals surface area contributed by atoms with E-state index in [1.54, 1.807) is 0 Å². The van der Waals surface area contributed by atoms with Crippen LogP contribution in [0.15, 0.2) is 18.2 Å². The minimum absolute atomic E-state index is 0.637. The molecule has 4 heteroatoms. The molecular weight excluding hydrogens is 316 g/mol. The van der Waals surface area contributed by atoms with Gasteiger partial charge in [0.2, 0.25) is 0 Å². The molecule has 2 rings (SSSR count). The lowest BCUT2D eigenvalue weighted by Gasteiger charge is -2.28. The molecule has 0 unspecified atom stereocenters. The van der Waals surface area contributed by atoms with Crippen molar-refractivity contribution in [1.29, 1.82) is 0 Å². The Kier molecular flexibility index (Phi) is 7.12. The van der Waals surface area contributed by atoms with Gasteiger partial charge in [-0.2, -0.15) is 13.2 Å². The van der Waals surface area contributed by atoms with Gasteiger partial charge in [-0.05, 0) is 42.4 Å². The van der Waals surface area contributed by atoms with Crippen LogP contribution >= 0.6 is 0 Å². The third-order valence-corrected chi connectivity index (χ3v) is 5.36. The second kappa shape index (κ2) is 8.87. The summed E-state index contributed by atoms with van der Waals surface area (Å²) in [5.74, 6) is 0.341. The summed E-state index contributed by atoms with van der Waals surface area (Å²) in [6.45, 7) is 2.22. The van der Waals surface area contributed by atoms with Crippen molar-refractivity contribution < 1.29 is 17.6 Å². The Morgan fingerprint density at radius 2 is 1.58 bits per heavy atom. The maximum Gasteiger partial charge on any atom is 0.419 e. The largest absolute Gasteiger partial charge is 0.419 e. The second-order valence-electron chi connectivity index (χ2n) is 7.23. The second-order valence-corrected chi connectivity index (χ2v) is 7.23. The first-order chi connectivity index (χ1) is 11.4. The van der Waals surface area contributed by atoms with Crippen LogP contribution in [0.4, 0.5) is 17.6 Å². The molecular formula is C20H28F4. The van der Waals surface area contributed by atoms with Gasteiger partial charge in [0, 0.05) is 0 Å². The highest BCUT2D eigenvalue weighted by Gasteiger charge is 2.33. The smallest absolute Gasteiger partial charge is 0.206 e. The number of rotatable bonds is 7. The van der Waals surface area contributed by atoms with Crippen molar-refractivity contribution in [1.82, 2.24) is 0 Å². The lowest BCUT2D eigenvalue weighted by molar-refractivity contribution is -0.140. The molecule has 0 atom stereocenters. The van der Waals surface area contributed by atoms with Crippen LogP contribution in [0.3, 0.4) is 0 Å². The van der Waals surface area contributed by atoms with Crippen molar-refractivity contribution >= 4 is 0 Å². The molecule has 1 aliphatic rings. The number of unbranched alkanes of at least 4 members (excludes halogenated alkanes) is 2. The van der Waals surface area contributed by atoms with Crippen molar-refractivity contribution in [3.63, 3.8) is 0 Å². The van der Waals surface area contributed by atoms with E-state index in [2.05, 4.69) is 6.92 Å². The molecule has 0 amide bonds. The Hall–Kier alpha value is -1.06. The van der Waals surface area contributed by atoms with Crippen molar-refractivity contribution in [2.24, 2.45) is 11.8 Å². The first-order valence-corrected chi connectivity index (χ1v) is 9.25. The number of hydrogen-bond acceptors (Lipinski definition) is 0. The summed E-state index contributed by atoms with van der Waals surface area (Å²) in [5.41, 5.74) is -0.496. The van der Waals surface area contributed by atoms with Crippen LogP contribution in [0.25, 0.3) is 0 Å². The van der Waals surface area contributed by atoms with Gasteiger partial charge in [-0.15, -0.1) is 0 Å². The molecule has 1 fully saturated rings. The number of aryl methyl sites for hydroxylation is 1. The van der Waals surface area contributed by atoms with Crippen molar-refractivity contribution in [3.05, 3.63) is 35.1 Å². The van der Waals surface area contributed by atoms with E-state index in [1.807, 2.05) is 0 Å². The summed E-state index contributed by atoms with van der Waals surface area (Å²) in [6, 6.07) is 3.34. The Morgan fingerprint density at radius 1 is 0.958 bits per heavy atom. The van der Waals surface area contributed by atoms with Crippen LogP contribution in [0, 0.1) is 17.7 Å². The molecule has 1 saturated carbocycles. The molecule has 136 valence electrons. The predicted molar refractivity (Wildman–Crippen MR) is 89.3 cm³/mol. The Balaban J connectivity index is 1.76. The van der Waals surface area contributed by atoms with Gasteiger partial charge in [-0.1, -0.05) is 64.4 Å². The summed E-state index contributed by atoms with van der Waals surface area (Å²) < 4.78 is 51.3. The quantitative estimate of drug-likeness (QED) is 0.363. The van der Waals surface area contributed by atoms with Gasteiger partial charge in [-0.25, -0.2) is 4.39 Å². The van der Waals surface area contributed by atoms with Gasteiger partial charge in [0.1, 0.15) is 5.82 Å². The molecule has 0 radical (unpaired) electrons. The average Bonchev–Trinajstić information content (AvgIpc) is 2.53. The van der Waals surface area contributed by atoms with E-state index < -0.39 is 17.6 Å². The average molecular weight is 344 g/mol. The van der Waals surface area contributed by atoms with Crippen LogP contribution in [0.2, 0.25) is 0 Å². The van der Waals surface area contributed by atoms with E-state index in [4.69, 9.17) is 0 Å². The van der Waals surface area contributed by atoms with Gasteiger partial charge in [0.15, 0.2) is 0 Å². The fourth-order valence-electron chi connectivity index (χ4n) is 3.81. The molecule has 1 aliphatic carbocycles. The maximum absolute atomic E-state index is 13.6. The zero-order valence-electron chi connectivity index (χ0n) is 14.5. The highest BCUT2D eigenvalue weighted by atomic mass is 19.4. The molecule has 0 nitrogen and oxygen atoms in total. The number of alkyl halides is 3. The monoisotopic (exact) mass is 344 g/mol. The maximum atomic E-state index is 13.6. The highest BCUT2D eigenvalue weighted by Crippen LogP contribution is 2.35. The first kappa shape index (κ1) is 19.3. The lowest BCUT2D eigenvalue weighted by Crippen LogP contribution is -2.15. The molecule has 0 bridgehead atoms. The van der Waals surface area contributed by atoms with Crippen LogP contribution < -0.4 is 0 Å². The number of hydrogen-bond donors (Lipinski definition) is 0.